The number of hydrogen-bond donors (Lipinski definition) is 2. The van der Waals surface area contributed by atoms with Crippen LogP contribution in [-0.2, 0) is 4.79 Å². The second-order valence-electron chi connectivity index (χ2n) is 9.42. The zero-order valence-corrected chi connectivity index (χ0v) is 19.5. The molecule has 1 aromatic heterocycles. The number of hydrogen-bond acceptors (Lipinski definition) is 3. The van der Waals surface area contributed by atoms with Crippen LogP contribution in [0.3, 0.4) is 0 Å². The van der Waals surface area contributed by atoms with Crippen LogP contribution in [0, 0.1) is 19.7 Å². The fraction of sp³-hybridized carbons (Fsp3) is 0.370. The van der Waals surface area contributed by atoms with Crippen molar-refractivity contribution in [2.24, 2.45) is 0 Å². The minimum absolute atomic E-state index is 0.240. The van der Waals surface area contributed by atoms with E-state index in [0.717, 1.165) is 48.1 Å². The molecular weight excluding hydrogens is 431 g/mol. The third-order valence-corrected chi connectivity index (χ3v) is 7.02. The highest BCUT2D eigenvalue weighted by molar-refractivity contribution is 6.04. The van der Waals surface area contributed by atoms with Gasteiger partial charge in [-0.3, -0.25) is 9.59 Å². The number of nitrogens with zero attached hydrogens (tertiary/aromatic N) is 2. The molecule has 34 heavy (non-hydrogen) atoms. The molecule has 0 unspecified atom stereocenters. The minimum Gasteiger partial charge on any atom is -0.339 e. The van der Waals surface area contributed by atoms with Crippen molar-refractivity contribution in [3.63, 3.8) is 0 Å². The fourth-order valence-electron chi connectivity index (χ4n) is 5.35. The van der Waals surface area contributed by atoms with E-state index in [2.05, 4.69) is 10.6 Å². The Labute approximate surface area is 198 Å². The Kier molecular flexibility index (Phi) is 5.94. The van der Waals surface area contributed by atoms with Crippen LogP contribution in [0.2, 0.25) is 0 Å². The fourth-order valence-corrected chi connectivity index (χ4v) is 5.35. The predicted octanol–water partition coefficient (Wildman–Crippen LogP) is 5.03. The van der Waals surface area contributed by atoms with Crippen molar-refractivity contribution < 1.29 is 14.0 Å². The predicted molar refractivity (Wildman–Crippen MR) is 128 cm³/mol. The van der Waals surface area contributed by atoms with Gasteiger partial charge >= 0.3 is 0 Å². The molecule has 0 saturated heterocycles. The van der Waals surface area contributed by atoms with Gasteiger partial charge in [0.25, 0.3) is 5.91 Å². The quantitative estimate of drug-likeness (QED) is 0.574. The van der Waals surface area contributed by atoms with Crippen LogP contribution in [-0.4, -0.2) is 27.6 Å². The number of carbonyl (C=O) groups is 2. The van der Waals surface area contributed by atoms with E-state index in [9.17, 15) is 14.0 Å². The molecule has 1 aliphatic heterocycles. The van der Waals surface area contributed by atoms with E-state index in [4.69, 9.17) is 5.10 Å². The molecule has 2 aliphatic rings. The van der Waals surface area contributed by atoms with Crippen LogP contribution in [0.4, 0.5) is 10.2 Å². The van der Waals surface area contributed by atoms with Gasteiger partial charge < -0.3 is 10.6 Å². The zero-order valence-electron chi connectivity index (χ0n) is 19.5. The number of anilines is 1. The van der Waals surface area contributed by atoms with Gasteiger partial charge in [-0.2, -0.15) is 5.10 Å². The molecule has 0 spiro atoms. The number of amides is 2. The second-order valence-corrected chi connectivity index (χ2v) is 9.42. The van der Waals surface area contributed by atoms with Crippen molar-refractivity contribution in [3.8, 4) is 0 Å². The van der Waals surface area contributed by atoms with E-state index >= 15 is 0 Å². The third kappa shape index (κ3) is 4.11. The molecule has 2 aromatic carbocycles. The normalized spacial score (nSPS) is 20.5. The molecule has 6 nitrogen and oxygen atoms in total. The standard InChI is InChI=1S/C27H29FN4O2/c1-16-7-6-8-19(15-16)26(33)29-24-23(18-11-13-20(28)14-12-18)22-17(2)31-32(25(22)30-27(24)34)21-9-4-3-5-10-21/h6-8,11-15,21,23-24H,3-5,9-10H2,1-2H3,(H,29,33)(H,30,34)/t23-,24+/m1/s1. The first kappa shape index (κ1) is 22.3. The van der Waals surface area contributed by atoms with Crippen molar-refractivity contribution in [1.29, 1.82) is 0 Å². The first-order valence-electron chi connectivity index (χ1n) is 11.9. The monoisotopic (exact) mass is 460 g/mol. The summed E-state index contributed by atoms with van der Waals surface area (Å²) in [4.78, 5) is 26.6. The molecule has 1 saturated carbocycles. The number of halogens is 1. The summed E-state index contributed by atoms with van der Waals surface area (Å²) in [5, 5.41) is 10.8. The molecule has 2 amide bonds. The van der Waals surface area contributed by atoms with Gasteiger partial charge in [0, 0.05) is 17.0 Å². The van der Waals surface area contributed by atoms with Crippen molar-refractivity contribution >= 4 is 17.6 Å². The number of fused-ring (bicyclic) bond motifs is 1. The topological polar surface area (TPSA) is 76.0 Å². The Bertz CT molecular complexity index is 1230. The Morgan fingerprint density at radius 1 is 1.09 bits per heavy atom. The van der Waals surface area contributed by atoms with E-state index in [1.54, 1.807) is 24.3 Å². The lowest BCUT2D eigenvalue weighted by atomic mass is 9.81. The summed E-state index contributed by atoms with van der Waals surface area (Å²) in [7, 11) is 0. The van der Waals surface area contributed by atoms with Gasteiger partial charge in [0.15, 0.2) is 0 Å². The van der Waals surface area contributed by atoms with Gasteiger partial charge in [-0.05, 0) is 56.5 Å². The van der Waals surface area contributed by atoms with E-state index in [-0.39, 0.29) is 23.7 Å². The highest BCUT2D eigenvalue weighted by Gasteiger charge is 2.42. The summed E-state index contributed by atoms with van der Waals surface area (Å²) in [6.07, 6.45) is 5.55. The smallest absolute Gasteiger partial charge is 0.251 e. The van der Waals surface area contributed by atoms with Gasteiger partial charge in [0.2, 0.25) is 5.91 Å². The highest BCUT2D eigenvalue weighted by atomic mass is 19.1. The molecule has 0 radical (unpaired) electrons. The largest absolute Gasteiger partial charge is 0.339 e. The van der Waals surface area contributed by atoms with Gasteiger partial charge in [0.1, 0.15) is 17.7 Å². The summed E-state index contributed by atoms with van der Waals surface area (Å²) in [5.74, 6) is -0.740. The summed E-state index contributed by atoms with van der Waals surface area (Å²) >= 11 is 0. The molecule has 7 heteroatoms. The maximum atomic E-state index is 13.8. The van der Waals surface area contributed by atoms with Crippen LogP contribution in [0.5, 0.6) is 0 Å². The van der Waals surface area contributed by atoms with E-state index in [1.807, 2.05) is 30.7 Å². The summed E-state index contributed by atoms with van der Waals surface area (Å²) in [6, 6.07) is 12.8. The number of rotatable bonds is 4. The third-order valence-electron chi connectivity index (χ3n) is 7.02. The average Bonchev–Trinajstić information content (AvgIpc) is 3.16. The van der Waals surface area contributed by atoms with Gasteiger partial charge in [-0.25, -0.2) is 9.07 Å². The lowest BCUT2D eigenvalue weighted by molar-refractivity contribution is -0.118. The van der Waals surface area contributed by atoms with Crippen LogP contribution < -0.4 is 10.6 Å². The number of carbonyl (C=O) groups excluding carboxylic acids is 2. The average molecular weight is 461 g/mol. The van der Waals surface area contributed by atoms with E-state index < -0.39 is 12.0 Å². The van der Waals surface area contributed by atoms with Crippen molar-refractivity contribution in [2.45, 2.75) is 64.0 Å². The van der Waals surface area contributed by atoms with Gasteiger partial charge in [-0.1, -0.05) is 49.1 Å². The molecule has 1 fully saturated rings. The number of aryl methyl sites for hydroxylation is 2. The van der Waals surface area contributed by atoms with Gasteiger partial charge in [-0.15, -0.1) is 0 Å². The van der Waals surface area contributed by atoms with E-state index in [1.165, 1.54) is 18.6 Å². The SMILES string of the molecule is Cc1cccc(C(=O)N[C@@H]2C(=O)Nc3c(c(C)nn3C3CCCCC3)[C@H]2c2ccc(F)cc2)c1. The minimum atomic E-state index is -0.853. The highest BCUT2D eigenvalue weighted by Crippen LogP contribution is 2.42. The molecule has 1 aliphatic carbocycles. The number of aromatic nitrogens is 2. The van der Waals surface area contributed by atoms with Crippen LogP contribution in [0.1, 0.15) is 76.8 Å². The van der Waals surface area contributed by atoms with Gasteiger partial charge in [0.05, 0.1) is 11.7 Å². The Morgan fingerprint density at radius 2 is 1.82 bits per heavy atom. The van der Waals surface area contributed by atoms with Crippen molar-refractivity contribution in [2.75, 3.05) is 5.32 Å². The summed E-state index contributed by atoms with van der Waals surface area (Å²) in [6.45, 7) is 3.85. The first-order valence-corrected chi connectivity index (χ1v) is 11.9. The van der Waals surface area contributed by atoms with Crippen LogP contribution >= 0.6 is 0 Å². The summed E-state index contributed by atoms with van der Waals surface area (Å²) < 4.78 is 15.7. The molecule has 2 N–H and O–H groups in total. The molecular formula is C27H29FN4O2. The molecule has 2 heterocycles. The molecule has 3 aromatic rings. The Hall–Kier alpha value is -3.48. The maximum Gasteiger partial charge on any atom is 0.251 e. The molecule has 0 bridgehead atoms. The van der Waals surface area contributed by atoms with Crippen LogP contribution in [0.25, 0.3) is 0 Å². The Balaban J connectivity index is 1.57. The zero-order chi connectivity index (χ0) is 23.8. The maximum absolute atomic E-state index is 13.8. The molecule has 2 atom stereocenters. The Morgan fingerprint density at radius 3 is 2.53 bits per heavy atom. The van der Waals surface area contributed by atoms with Crippen molar-refractivity contribution in [1.82, 2.24) is 15.1 Å². The number of benzene rings is 2. The first-order chi connectivity index (χ1) is 16.4. The molecule has 176 valence electrons. The summed E-state index contributed by atoms with van der Waals surface area (Å²) in [5.41, 5.74) is 3.91. The van der Waals surface area contributed by atoms with Crippen LogP contribution in [0.15, 0.2) is 48.5 Å². The lowest BCUT2D eigenvalue weighted by Crippen LogP contribution is -2.50. The number of nitrogens with one attached hydrogen (secondary N) is 2. The van der Waals surface area contributed by atoms with E-state index in [0.29, 0.717) is 11.4 Å². The second kappa shape index (κ2) is 9.05. The van der Waals surface area contributed by atoms with Crippen molar-refractivity contribution in [3.05, 3.63) is 82.3 Å². The lowest BCUT2D eigenvalue weighted by Gasteiger charge is -2.34. The molecule has 5 rings (SSSR count).